The molecule has 0 radical (unpaired) electrons. The number of esters is 1. The van der Waals surface area contributed by atoms with Crippen LogP contribution in [-0.4, -0.2) is 11.6 Å². The number of hydrogen-bond donors (Lipinski definition) is 0. The molecule has 1 heterocycles. The van der Waals surface area contributed by atoms with E-state index in [2.05, 4.69) is 12.2 Å². The van der Waals surface area contributed by atoms with Gasteiger partial charge in [-0.1, -0.05) is 44.3 Å². The van der Waals surface area contributed by atoms with Gasteiger partial charge in [-0.3, -0.25) is 4.79 Å². The predicted octanol–water partition coefficient (Wildman–Crippen LogP) is 4.78. The summed E-state index contributed by atoms with van der Waals surface area (Å²) in [4.78, 5) is 11.7. The number of carbonyl (C=O) groups is 1. The first kappa shape index (κ1) is 15.3. The molecule has 0 aliphatic carbocycles. The van der Waals surface area contributed by atoms with Crippen LogP contribution in [0.2, 0.25) is 0 Å². The molecule has 0 aromatic rings. The number of carbonyl (C=O) groups excluding carboxylic acids is 1. The zero-order chi connectivity index (χ0) is 13.3. The minimum Gasteiger partial charge on any atom is -0.459 e. The Balaban J connectivity index is 2.43. The molecule has 0 saturated carbocycles. The van der Waals surface area contributed by atoms with Crippen molar-refractivity contribution in [1.82, 2.24) is 0 Å². The third-order valence-electron chi connectivity index (χ3n) is 3.42. The largest absolute Gasteiger partial charge is 0.459 e. The van der Waals surface area contributed by atoms with Crippen molar-refractivity contribution in [1.29, 1.82) is 0 Å². The van der Waals surface area contributed by atoms with Gasteiger partial charge in [-0.2, -0.15) is 0 Å². The topological polar surface area (TPSA) is 26.3 Å². The Morgan fingerprint density at radius 1 is 0.944 bits per heavy atom. The lowest BCUT2D eigenvalue weighted by atomic mass is 10.0. The molecule has 0 atom stereocenters. The second kappa shape index (κ2) is 8.34. The van der Waals surface area contributed by atoms with Crippen LogP contribution in [0, 0.1) is 0 Å². The number of hydrogen-bond acceptors (Lipinski definition) is 2. The van der Waals surface area contributed by atoms with Gasteiger partial charge in [0, 0.05) is 12.8 Å². The molecule has 0 N–H and O–H groups in total. The van der Waals surface area contributed by atoms with E-state index in [4.69, 9.17) is 4.74 Å². The highest BCUT2D eigenvalue weighted by Gasteiger charge is 2.20. The van der Waals surface area contributed by atoms with Crippen LogP contribution >= 0.6 is 0 Å². The van der Waals surface area contributed by atoms with Gasteiger partial charge in [0.05, 0.1) is 0 Å². The first-order chi connectivity index (χ1) is 8.60. The van der Waals surface area contributed by atoms with Crippen LogP contribution < -0.4 is 0 Å². The van der Waals surface area contributed by atoms with Gasteiger partial charge in [0.15, 0.2) is 0 Å². The summed E-state index contributed by atoms with van der Waals surface area (Å²) in [6.07, 6.45) is 15.6. The maximum atomic E-state index is 11.7. The minimum atomic E-state index is -0.353. The van der Waals surface area contributed by atoms with Crippen molar-refractivity contribution in [3.05, 3.63) is 12.2 Å². The van der Waals surface area contributed by atoms with Gasteiger partial charge >= 0.3 is 5.97 Å². The molecule has 0 fully saturated rings. The Kier molecular flexibility index (Phi) is 7.07. The van der Waals surface area contributed by atoms with Crippen molar-refractivity contribution >= 4 is 5.97 Å². The highest BCUT2D eigenvalue weighted by molar-refractivity contribution is 5.69. The predicted molar refractivity (Wildman–Crippen MR) is 75.5 cm³/mol. The van der Waals surface area contributed by atoms with Gasteiger partial charge in [-0.05, 0) is 33.1 Å². The minimum absolute atomic E-state index is 0.0386. The van der Waals surface area contributed by atoms with Gasteiger partial charge in [-0.15, -0.1) is 0 Å². The number of cyclic esters (lactones) is 1. The summed E-state index contributed by atoms with van der Waals surface area (Å²) in [5, 5.41) is 0. The normalized spacial score (nSPS) is 25.6. The Hall–Kier alpha value is -0.790. The van der Waals surface area contributed by atoms with E-state index in [1.807, 2.05) is 13.8 Å². The molecule has 0 spiro atoms. The van der Waals surface area contributed by atoms with Crippen LogP contribution in [0.15, 0.2) is 12.2 Å². The second-order valence-electron chi connectivity index (χ2n) is 5.92. The van der Waals surface area contributed by atoms with E-state index in [0.29, 0.717) is 6.42 Å². The van der Waals surface area contributed by atoms with Crippen molar-refractivity contribution in [2.75, 3.05) is 0 Å². The fourth-order valence-corrected chi connectivity index (χ4v) is 2.30. The molecule has 1 aliphatic rings. The third kappa shape index (κ3) is 7.52. The van der Waals surface area contributed by atoms with E-state index in [0.717, 1.165) is 25.7 Å². The summed E-state index contributed by atoms with van der Waals surface area (Å²) in [6.45, 7) is 3.99. The lowest BCUT2D eigenvalue weighted by Gasteiger charge is -2.23. The number of ether oxygens (including phenoxy) is 1. The van der Waals surface area contributed by atoms with Crippen LogP contribution in [0.1, 0.15) is 78.1 Å². The Labute approximate surface area is 112 Å². The average molecular weight is 252 g/mol. The molecule has 1 aliphatic heterocycles. The quantitative estimate of drug-likeness (QED) is 0.458. The Morgan fingerprint density at radius 3 is 2.28 bits per heavy atom. The molecule has 0 saturated heterocycles. The van der Waals surface area contributed by atoms with E-state index >= 15 is 0 Å². The van der Waals surface area contributed by atoms with Crippen LogP contribution in [0.5, 0.6) is 0 Å². The molecule has 0 aromatic heterocycles. The second-order valence-corrected chi connectivity index (χ2v) is 5.92. The van der Waals surface area contributed by atoms with E-state index in [9.17, 15) is 4.79 Å². The smallest absolute Gasteiger partial charge is 0.306 e. The zero-order valence-corrected chi connectivity index (χ0v) is 12.0. The molecular formula is C16H28O2. The first-order valence-corrected chi connectivity index (χ1v) is 7.47. The molecule has 0 bridgehead atoms. The highest BCUT2D eigenvalue weighted by Crippen LogP contribution is 2.18. The molecule has 0 aromatic carbocycles. The van der Waals surface area contributed by atoms with Crippen LogP contribution in [0.3, 0.4) is 0 Å². The fraction of sp³-hybridized carbons (Fsp3) is 0.812. The summed E-state index contributed by atoms with van der Waals surface area (Å²) in [7, 11) is 0. The van der Waals surface area contributed by atoms with Crippen molar-refractivity contribution in [2.45, 2.75) is 83.7 Å². The fourth-order valence-electron chi connectivity index (χ4n) is 2.30. The van der Waals surface area contributed by atoms with E-state index in [1.54, 1.807) is 0 Å². The molecule has 0 amide bonds. The SMILES string of the molecule is CC1(C)C/C=C/CCCCCCCCCC(=O)O1. The van der Waals surface area contributed by atoms with Gasteiger partial charge in [0.25, 0.3) is 0 Å². The van der Waals surface area contributed by atoms with Gasteiger partial charge in [0.1, 0.15) is 5.60 Å². The lowest BCUT2D eigenvalue weighted by molar-refractivity contribution is -0.156. The zero-order valence-electron chi connectivity index (χ0n) is 12.0. The van der Waals surface area contributed by atoms with Crippen molar-refractivity contribution < 1.29 is 9.53 Å². The van der Waals surface area contributed by atoms with Gasteiger partial charge in [0.2, 0.25) is 0 Å². The Morgan fingerprint density at radius 2 is 1.56 bits per heavy atom. The molecule has 104 valence electrons. The van der Waals surface area contributed by atoms with E-state index < -0.39 is 0 Å². The molecule has 2 nitrogen and oxygen atoms in total. The standard InChI is InChI=1S/C16H28O2/c1-16(2)14-12-10-8-6-4-3-5-7-9-11-13-15(17)18-16/h10,12H,3-9,11,13-14H2,1-2H3/b12-10+. The van der Waals surface area contributed by atoms with Gasteiger partial charge < -0.3 is 4.74 Å². The molecule has 2 heteroatoms. The molecule has 1 rings (SSSR count). The van der Waals surface area contributed by atoms with E-state index in [-0.39, 0.29) is 11.6 Å². The monoisotopic (exact) mass is 252 g/mol. The molecular weight excluding hydrogens is 224 g/mol. The highest BCUT2D eigenvalue weighted by atomic mass is 16.6. The van der Waals surface area contributed by atoms with Crippen LogP contribution in [-0.2, 0) is 9.53 Å². The number of rotatable bonds is 0. The Bertz CT molecular complexity index is 266. The third-order valence-corrected chi connectivity index (χ3v) is 3.42. The van der Waals surface area contributed by atoms with E-state index in [1.165, 1.54) is 32.1 Å². The maximum Gasteiger partial charge on any atom is 0.306 e. The van der Waals surface area contributed by atoms with Crippen LogP contribution in [0.25, 0.3) is 0 Å². The summed E-state index contributed by atoms with van der Waals surface area (Å²) in [6, 6.07) is 0. The maximum absolute atomic E-state index is 11.7. The lowest BCUT2D eigenvalue weighted by Crippen LogP contribution is -2.27. The molecule has 0 unspecified atom stereocenters. The summed E-state index contributed by atoms with van der Waals surface area (Å²) in [5.74, 6) is -0.0386. The van der Waals surface area contributed by atoms with Crippen molar-refractivity contribution in [2.24, 2.45) is 0 Å². The van der Waals surface area contributed by atoms with Crippen molar-refractivity contribution in [3.8, 4) is 0 Å². The molecule has 18 heavy (non-hydrogen) atoms. The summed E-state index contributed by atoms with van der Waals surface area (Å²) >= 11 is 0. The van der Waals surface area contributed by atoms with Crippen molar-refractivity contribution in [3.63, 3.8) is 0 Å². The first-order valence-electron chi connectivity index (χ1n) is 7.47. The summed E-state index contributed by atoms with van der Waals surface area (Å²) in [5.41, 5.74) is -0.353. The number of allylic oxidation sites excluding steroid dienone is 1. The average Bonchev–Trinajstić information content (AvgIpc) is 2.29. The summed E-state index contributed by atoms with van der Waals surface area (Å²) < 4.78 is 5.52. The van der Waals surface area contributed by atoms with Crippen LogP contribution in [0.4, 0.5) is 0 Å². The van der Waals surface area contributed by atoms with Gasteiger partial charge in [-0.25, -0.2) is 0 Å².